The molecule has 0 aromatic rings. The molecular formula is C10H18N2. The molecule has 0 aliphatic heterocycles. The Balaban J connectivity index is 2.11. The van der Waals surface area contributed by atoms with Crippen molar-refractivity contribution in [2.45, 2.75) is 39.0 Å². The third kappa shape index (κ3) is 3.13. The van der Waals surface area contributed by atoms with E-state index in [1.165, 1.54) is 32.1 Å². The van der Waals surface area contributed by atoms with Crippen LogP contribution in [0.2, 0.25) is 0 Å². The van der Waals surface area contributed by atoms with Crippen LogP contribution in [0, 0.1) is 23.3 Å². The van der Waals surface area contributed by atoms with Gasteiger partial charge in [0.05, 0.1) is 0 Å². The molecule has 1 fully saturated rings. The molecule has 0 heterocycles. The van der Waals surface area contributed by atoms with Gasteiger partial charge in [-0.15, -0.1) is 0 Å². The first-order valence-electron chi connectivity index (χ1n) is 4.95. The largest absolute Gasteiger partial charge is 0.324 e. The van der Waals surface area contributed by atoms with E-state index in [2.05, 4.69) is 12.2 Å². The second-order valence-corrected chi connectivity index (χ2v) is 3.97. The lowest BCUT2D eigenvalue weighted by atomic mass is 9.81. The zero-order chi connectivity index (χ0) is 8.81. The third-order valence-electron chi connectivity index (χ3n) is 2.80. The Labute approximate surface area is 75.0 Å². The second kappa shape index (κ2) is 5.03. The van der Waals surface area contributed by atoms with Crippen molar-refractivity contribution in [1.29, 1.82) is 5.26 Å². The monoisotopic (exact) mass is 166 g/mol. The predicted octanol–water partition coefficient (Wildman–Crippen LogP) is 2.27. The van der Waals surface area contributed by atoms with E-state index < -0.39 is 0 Å². The highest BCUT2D eigenvalue weighted by Gasteiger charge is 2.17. The maximum absolute atomic E-state index is 8.29. The summed E-state index contributed by atoms with van der Waals surface area (Å²) in [7, 11) is 0. The van der Waals surface area contributed by atoms with Crippen molar-refractivity contribution in [2.24, 2.45) is 11.8 Å². The highest BCUT2D eigenvalue weighted by Crippen LogP contribution is 2.30. The van der Waals surface area contributed by atoms with E-state index in [0.717, 1.165) is 18.4 Å². The molecule has 68 valence electrons. The van der Waals surface area contributed by atoms with E-state index in [1.807, 2.05) is 6.19 Å². The molecule has 0 aromatic carbocycles. The number of nitriles is 1. The van der Waals surface area contributed by atoms with Gasteiger partial charge >= 0.3 is 0 Å². The van der Waals surface area contributed by atoms with E-state index in [1.54, 1.807) is 0 Å². The van der Waals surface area contributed by atoms with E-state index in [0.29, 0.717) is 0 Å². The SMILES string of the molecule is CC1CCCC(CCNC#N)C1. The number of nitrogens with zero attached hydrogens (tertiary/aromatic N) is 1. The summed E-state index contributed by atoms with van der Waals surface area (Å²) >= 11 is 0. The van der Waals surface area contributed by atoms with Gasteiger partial charge in [0, 0.05) is 6.54 Å². The lowest BCUT2D eigenvalue weighted by molar-refractivity contribution is 0.270. The van der Waals surface area contributed by atoms with Gasteiger partial charge in [-0.05, 0) is 24.7 Å². The minimum absolute atomic E-state index is 0.869. The smallest absolute Gasteiger partial charge is 0.176 e. The van der Waals surface area contributed by atoms with Crippen LogP contribution in [0.5, 0.6) is 0 Å². The molecule has 2 nitrogen and oxygen atoms in total. The van der Waals surface area contributed by atoms with Crippen LogP contribution in [-0.4, -0.2) is 6.54 Å². The average Bonchev–Trinajstić information content (AvgIpc) is 2.05. The molecule has 2 unspecified atom stereocenters. The van der Waals surface area contributed by atoms with Gasteiger partial charge in [-0.25, -0.2) is 0 Å². The molecule has 0 radical (unpaired) electrons. The predicted molar refractivity (Wildman–Crippen MR) is 49.4 cm³/mol. The van der Waals surface area contributed by atoms with Gasteiger partial charge in [0.25, 0.3) is 0 Å². The molecule has 12 heavy (non-hydrogen) atoms. The summed E-state index contributed by atoms with van der Waals surface area (Å²) in [6.07, 6.45) is 8.68. The maximum atomic E-state index is 8.29. The first-order valence-corrected chi connectivity index (χ1v) is 4.95. The summed E-state index contributed by atoms with van der Waals surface area (Å²) in [4.78, 5) is 0. The molecule has 1 aliphatic rings. The Bertz CT molecular complexity index is 160. The summed E-state index contributed by atoms with van der Waals surface area (Å²) in [5, 5.41) is 11.0. The molecule has 0 aromatic heterocycles. The Morgan fingerprint density at radius 2 is 2.33 bits per heavy atom. The van der Waals surface area contributed by atoms with Gasteiger partial charge in [0.1, 0.15) is 0 Å². The van der Waals surface area contributed by atoms with Crippen LogP contribution < -0.4 is 5.32 Å². The summed E-state index contributed by atoms with van der Waals surface area (Å²) in [5.41, 5.74) is 0. The molecule has 0 bridgehead atoms. The highest BCUT2D eigenvalue weighted by molar-refractivity contribution is 4.73. The van der Waals surface area contributed by atoms with Crippen molar-refractivity contribution in [3.05, 3.63) is 0 Å². The molecule has 1 saturated carbocycles. The Hall–Kier alpha value is -0.710. The summed E-state index contributed by atoms with van der Waals surface area (Å²) in [6.45, 7) is 3.21. The average molecular weight is 166 g/mol. The Kier molecular flexibility index (Phi) is 3.93. The summed E-state index contributed by atoms with van der Waals surface area (Å²) in [6, 6.07) is 0. The third-order valence-corrected chi connectivity index (χ3v) is 2.80. The van der Waals surface area contributed by atoms with Crippen molar-refractivity contribution in [3.63, 3.8) is 0 Å². The molecule has 2 heteroatoms. The molecule has 2 atom stereocenters. The van der Waals surface area contributed by atoms with Crippen LogP contribution in [0.3, 0.4) is 0 Å². The van der Waals surface area contributed by atoms with Gasteiger partial charge in [-0.1, -0.05) is 26.2 Å². The van der Waals surface area contributed by atoms with E-state index in [4.69, 9.17) is 5.26 Å². The molecule has 1 rings (SSSR count). The van der Waals surface area contributed by atoms with Gasteiger partial charge < -0.3 is 5.32 Å². The lowest BCUT2D eigenvalue weighted by Gasteiger charge is -2.26. The molecule has 0 amide bonds. The van der Waals surface area contributed by atoms with Crippen LogP contribution in [-0.2, 0) is 0 Å². The topological polar surface area (TPSA) is 35.8 Å². The fourth-order valence-electron chi connectivity index (χ4n) is 2.15. The molecule has 1 N–H and O–H groups in total. The first kappa shape index (κ1) is 9.38. The van der Waals surface area contributed by atoms with Gasteiger partial charge in [-0.3, -0.25) is 0 Å². The highest BCUT2D eigenvalue weighted by atomic mass is 14.8. The molecular weight excluding hydrogens is 148 g/mol. The van der Waals surface area contributed by atoms with Crippen molar-refractivity contribution < 1.29 is 0 Å². The number of rotatable bonds is 3. The number of hydrogen-bond acceptors (Lipinski definition) is 2. The van der Waals surface area contributed by atoms with Crippen molar-refractivity contribution in [1.82, 2.24) is 5.32 Å². The fraction of sp³-hybridized carbons (Fsp3) is 0.900. The lowest BCUT2D eigenvalue weighted by Crippen LogP contribution is -2.18. The van der Waals surface area contributed by atoms with Crippen molar-refractivity contribution in [2.75, 3.05) is 6.54 Å². The van der Waals surface area contributed by atoms with E-state index in [-0.39, 0.29) is 0 Å². The van der Waals surface area contributed by atoms with Gasteiger partial charge in [-0.2, -0.15) is 5.26 Å². The minimum Gasteiger partial charge on any atom is -0.324 e. The Morgan fingerprint density at radius 3 is 3.00 bits per heavy atom. The van der Waals surface area contributed by atoms with Crippen LogP contribution in [0.15, 0.2) is 0 Å². The van der Waals surface area contributed by atoms with E-state index >= 15 is 0 Å². The van der Waals surface area contributed by atoms with Gasteiger partial charge in [0.2, 0.25) is 0 Å². The van der Waals surface area contributed by atoms with Crippen molar-refractivity contribution >= 4 is 0 Å². The minimum atomic E-state index is 0.869. The standard InChI is InChI=1S/C10H18N2/c1-9-3-2-4-10(7-9)5-6-12-8-11/h9-10,12H,2-7H2,1H3. The summed E-state index contributed by atoms with van der Waals surface area (Å²) < 4.78 is 0. The molecule has 1 aliphatic carbocycles. The van der Waals surface area contributed by atoms with Crippen LogP contribution in [0.1, 0.15) is 39.0 Å². The normalized spacial score (nSPS) is 29.3. The maximum Gasteiger partial charge on any atom is 0.176 e. The number of hydrogen-bond donors (Lipinski definition) is 1. The van der Waals surface area contributed by atoms with Crippen LogP contribution >= 0.6 is 0 Å². The first-order chi connectivity index (χ1) is 5.83. The zero-order valence-electron chi connectivity index (χ0n) is 7.84. The fourth-order valence-corrected chi connectivity index (χ4v) is 2.15. The van der Waals surface area contributed by atoms with Gasteiger partial charge in [0.15, 0.2) is 6.19 Å². The van der Waals surface area contributed by atoms with E-state index in [9.17, 15) is 0 Å². The quantitative estimate of drug-likeness (QED) is 0.396. The zero-order valence-corrected chi connectivity index (χ0v) is 7.84. The van der Waals surface area contributed by atoms with Crippen LogP contribution in [0.4, 0.5) is 0 Å². The number of nitrogens with one attached hydrogen (secondary N) is 1. The molecule has 0 saturated heterocycles. The Morgan fingerprint density at radius 1 is 1.50 bits per heavy atom. The second-order valence-electron chi connectivity index (χ2n) is 3.97. The summed E-state index contributed by atoms with van der Waals surface area (Å²) in [5.74, 6) is 1.78. The molecule has 0 spiro atoms. The van der Waals surface area contributed by atoms with Crippen molar-refractivity contribution in [3.8, 4) is 6.19 Å². The van der Waals surface area contributed by atoms with Crippen LogP contribution in [0.25, 0.3) is 0 Å².